The first-order valence-electron chi connectivity index (χ1n) is 5.28. The number of piperidine rings is 1. The molecule has 0 aromatic carbocycles. The first-order chi connectivity index (χ1) is 6.74. The minimum absolute atomic E-state index is 0.596. The van der Waals surface area contributed by atoms with Crippen molar-refractivity contribution in [2.45, 2.75) is 32.1 Å². The third-order valence-electron chi connectivity index (χ3n) is 2.79. The monoisotopic (exact) mass is 263 g/mol. The van der Waals surface area contributed by atoms with Crippen molar-refractivity contribution in [2.75, 3.05) is 18.4 Å². The van der Waals surface area contributed by atoms with Crippen LogP contribution in [0, 0.1) is 5.92 Å². The lowest BCUT2D eigenvalue weighted by atomic mass is 9.93. The largest absolute Gasteiger partial charge is 0.465 e. The molecule has 0 radical (unpaired) electrons. The van der Waals surface area contributed by atoms with Crippen molar-refractivity contribution in [1.29, 1.82) is 0 Å². The van der Waals surface area contributed by atoms with E-state index in [1.54, 1.807) is 4.90 Å². The van der Waals surface area contributed by atoms with Gasteiger partial charge in [0.1, 0.15) is 0 Å². The molecule has 1 N–H and O–H groups in total. The maximum Gasteiger partial charge on any atom is 0.407 e. The van der Waals surface area contributed by atoms with E-state index in [4.69, 9.17) is 5.11 Å². The minimum atomic E-state index is -0.754. The highest BCUT2D eigenvalue weighted by atomic mass is 79.9. The molecule has 1 rings (SSSR count). The summed E-state index contributed by atoms with van der Waals surface area (Å²) in [4.78, 5) is 12.3. The second kappa shape index (κ2) is 6.27. The molecule has 1 amide bonds. The zero-order valence-corrected chi connectivity index (χ0v) is 10.0. The van der Waals surface area contributed by atoms with Crippen molar-refractivity contribution < 1.29 is 9.90 Å². The molecule has 0 saturated carbocycles. The number of carboxylic acid groups (broad SMARTS) is 1. The Hall–Kier alpha value is -0.250. The number of amides is 1. The first kappa shape index (κ1) is 11.8. The number of hydrogen-bond acceptors (Lipinski definition) is 1. The minimum Gasteiger partial charge on any atom is -0.465 e. The zero-order valence-electron chi connectivity index (χ0n) is 8.41. The van der Waals surface area contributed by atoms with E-state index in [0.29, 0.717) is 5.92 Å². The summed E-state index contributed by atoms with van der Waals surface area (Å²) in [6.45, 7) is 1.47. The molecule has 1 saturated heterocycles. The van der Waals surface area contributed by atoms with E-state index < -0.39 is 6.09 Å². The summed E-state index contributed by atoms with van der Waals surface area (Å²) in [7, 11) is 0. The van der Waals surface area contributed by atoms with Crippen molar-refractivity contribution in [3.05, 3.63) is 0 Å². The lowest BCUT2D eigenvalue weighted by molar-refractivity contribution is 0.118. The number of carbonyl (C=O) groups is 1. The molecule has 0 spiro atoms. The maximum absolute atomic E-state index is 10.7. The Bertz CT molecular complexity index is 187. The van der Waals surface area contributed by atoms with Gasteiger partial charge >= 0.3 is 6.09 Å². The van der Waals surface area contributed by atoms with Gasteiger partial charge in [-0.25, -0.2) is 4.79 Å². The first-order valence-corrected chi connectivity index (χ1v) is 6.40. The number of nitrogens with zero attached hydrogens (tertiary/aromatic N) is 1. The Kier molecular flexibility index (Phi) is 5.30. The predicted octanol–water partition coefficient (Wildman–Crippen LogP) is 2.94. The molecule has 1 unspecified atom stereocenters. The molecule has 14 heavy (non-hydrogen) atoms. The van der Waals surface area contributed by atoms with Crippen LogP contribution in [-0.4, -0.2) is 34.5 Å². The predicted molar refractivity (Wildman–Crippen MR) is 60.0 cm³/mol. The van der Waals surface area contributed by atoms with Crippen molar-refractivity contribution in [3.63, 3.8) is 0 Å². The summed E-state index contributed by atoms with van der Waals surface area (Å²) in [5, 5.41) is 9.90. The molecule has 0 aromatic rings. The van der Waals surface area contributed by atoms with E-state index in [1.807, 2.05) is 0 Å². The lowest BCUT2D eigenvalue weighted by Crippen LogP contribution is -2.38. The molecule has 0 bridgehead atoms. The van der Waals surface area contributed by atoms with E-state index in [2.05, 4.69) is 15.9 Å². The second-order valence-corrected chi connectivity index (χ2v) is 4.71. The van der Waals surface area contributed by atoms with Crippen molar-refractivity contribution >= 4 is 22.0 Å². The average molecular weight is 264 g/mol. The number of unbranched alkanes of at least 4 members (excludes halogenated alkanes) is 1. The van der Waals surface area contributed by atoms with E-state index in [9.17, 15) is 4.79 Å². The molecule has 1 atom stereocenters. The van der Waals surface area contributed by atoms with Crippen LogP contribution in [0.5, 0.6) is 0 Å². The number of hydrogen-bond donors (Lipinski definition) is 1. The van der Waals surface area contributed by atoms with Crippen LogP contribution in [-0.2, 0) is 0 Å². The van der Waals surface area contributed by atoms with E-state index in [-0.39, 0.29) is 0 Å². The van der Waals surface area contributed by atoms with Gasteiger partial charge in [-0.1, -0.05) is 22.4 Å². The molecule has 1 aliphatic rings. The van der Waals surface area contributed by atoms with Crippen molar-refractivity contribution in [2.24, 2.45) is 5.92 Å². The van der Waals surface area contributed by atoms with Crippen LogP contribution in [0.3, 0.4) is 0 Å². The van der Waals surface area contributed by atoms with Gasteiger partial charge in [-0.05, 0) is 31.6 Å². The van der Waals surface area contributed by atoms with Gasteiger partial charge in [-0.15, -0.1) is 0 Å². The fourth-order valence-electron chi connectivity index (χ4n) is 2.00. The molecule has 0 aliphatic carbocycles. The van der Waals surface area contributed by atoms with Gasteiger partial charge in [0.25, 0.3) is 0 Å². The van der Waals surface area contributed by atoms with Gasteiger partial charge in [-0.2, -0.15) is 0 Å². The smallest absolute Gasteiger partial charge is 0.407 e. The third-order valence-corrected chi connectivity index (χ3v) is 3.35. The summed E-state index contributed by atoms with van der Waals surface area (Å²) < 4.78 is 0. The van der Waals surface area contributed by atoms with Crippen LogP contribution in [0.4, 0.5) is 4.79 Å². The number of alkyl halides is 1. The highest BCUT2D eigenvalue weighted by Gasteiger charge is 2.22. The molecule has 3 nitrogen and oxygen atoms in total. The molecular weight excluding hydrogens is 246 g/mol. The van der Waals surface area contributed by atoms with Crippen LogP contribution in [0.2, 0.25) is 0 Å². The molecule has 1 fully saturated rings. The van der Waals surface area contributed by atoms with E-state index in [1.165, 1.54) is 25.7 Å². The fourth-order valence-corrected chi connectivity index (χ4v) is 2.40. The van der Waals surface area contributed by atoms with Crippen molar-refractivity contribution in [3.8, 4) is 0 Å². The maximum atomic E-state index is 10.7. The highest BCUT2D eigenvalue weighted by molar-refractivity contribution is 9.09. The normalized spacial score (nSPS) is 22.4. The molecule has 4 heteroatoms. The SMILES string of the molecule is O=C(O)N1CCCC(CCCCBr)C1. The van der Waals surface area contributed by atoms with Gasteiger partial charge < -0.3 is 10.0 Å². The topological polar surface area (TPSA) is 40.5 Å². The summed E-state index contributed by atoms with van der Waals surface area (Å²) in [6, 6.07) is 0. The van der Waals surface area contributed by atoms with Crippen LogP contribution < -0.4 is 0 Å². The number of halogens is 1. The van der Waals surface area contributed by atoms with Gasteiger partial charge in [0.2, 0.25) is 0 Å². The summed E-state index contributed by atoms with van der Waals surface area (Å²) in [5.74, 6) is 0.596. The van der Waals surface area contributed by atoms with E-state index in [0.717, 1.165) is 24.8 Å². The fraction of sp³-hybridized carbons (Fsp3) is 0.900. The zero-order chi connectivity index (χ0) is 10.4. The van der Waals surface area contributed by atoms with Gasteiger partial charge in [-0.3, -0.25) is 0 Å². The summed E-state index contributed by atoms with van der Waals surface area (Å²) >= 11 is 3.40. The molecule has 0 aromatic heterocycles. The lowest BCUT2D eigenvalue weighted by Gasteiger charge is -2.30. The Balaban J connectivity index is 2.22. The number of rotatable bonds is 4. The Labute approximate surface area is 93.6 Å². The quantitative estimate of drug-likeness (QED) is 0.626. The third kappa shape index (κ3) is 3.86. The van der Waals surface area contributed by atoms with Crippen LogP contribution in [0.1, 0.15) is 32.1 Å². The molecule has 1 aliphatic heterocycles. The van der Waals surface area contributed by atoms with Gasteiger partial charge in [0.15, 0.2) is 0 Å². The standard InChI is InChI=1S/C10H18BrNO2/c11-6-2-1-4-9-5-3-7-12(8-9)10(13)14/h9H,1-8H2,(H,13,14). The average Bonchev–Trinajstić information content (AvgIpc) is 2.19. The summed E-state index contributed by atoms with van der Waals surface area (Å²) in [5.41, 5.74) is 0. The summed E-state index contributed by atoms with van der Waals surface area (Å²) in [6.07, 6.45) is 5.06. The van der Waals surface area contributed by atoms with Gasteiger partial charge in [0, 0.05) is 18.4 Å². The highest BCUT2D eigenvalue weighted by Crippen LogP contribution is 2.21. The second-order valence-electron chi connectivity index (χ2n) is 3.92. The Morgan fingerprint density at radius 2 is 2.29 bits per heavy atom. The molecular formula is C10H18BrNO2. The van der Waals surface area contributed by atoms with E-state index >= 15 is 0 Å². The molecule has 1 heterocycles. The Morgan fingerprint density at radius 1 is 1.50 bits per heavy atom. The van der Waals surface area contributed by atoms with Crippen molar-refractivity contribution in [1.82, 2.24) is 4.90 Å². The Morgan fingerprint density at radius 3 is 2.93 bits per heavy atom. The van der Waals surface area contributed by atoms with Crippen LogP contribution in [0.15, 0.2) is 0 Å². The van der Waals surface area contributed by atoms with Crippen LogP contribution >= 0.6 is 15.9 Å². The molecule has 82 valence electrons. The van der Waals surface area contributed by atoms with Gasteiger partial charge in [0.05, 0.1) is 0 Å². The van der Waals surface area contributed by atoms with Crippen LogP contribution in [0.25, 0.3) is 0 Å². The number of likely N-dealkylation sites (tertiary alicyclic amines) is 1.